The van der Waals surface area contributed by atoms with Gasteiger partial charge in [-0.2, -0.15) is 0 Å². The molecule has 0 aliphatic rings. The third-order valence-electron chi connectivity index (χ3n) is 2.94. The lowest BCUT2D eigenvalue weighted by Crippen LogP contribution is -2.36. The fourth-order valence-electron chi connectivity index (χ4n) is 1.83. The van der Waals surface area contributed by atoms with Crippen LogP contribution < -0.4 is 5.32 Å². The van der Waals surface area contributed by atoms with Gasteiger partial charge in [0.15, 0.2) is 0 Å². The highest BCUT2D eigenvalue weighted by molar-refractivity contribution is 5.68. The number of hydrogen-bond donors (Lipinski definition) is 2. The molecule has 2 N–H and O–H groups in total. The summed E-state index contributed by atoms with van der Waals surface area (Å²) in [6, 6.07) is 0. The standard InChI is InChI=1S/C15H29NO5/c1-6-7-8-11(2)12(9-13(17)18)20-10-16-14(19)21-15(3,4)5/h11-12H,6-10H2,1-5H3,(H,16,19)(H,17,18)/t11-,12-/m0/s1. The number of carbonyl (C=O) groups is 2. The van der Waals surface area contributed by atoms with Crippen LogP contribution in [0.5, 0.6) is 0 Å². The lowest BCUT2D eigenvalue weighted by atomic mass is 9.96. The van der Waals surface area contributed by atoms with Crippen molar-refractivity contribution in [2.75, 3.05) is 6.73 Å². The quantitative estimate of drug-likeness (QED) is 0.639. The zero-order chi connectivity index (χ0) is 16.5. The van der Waals surface area contributed by atoms with Gasteiger partial charge in [0.25, 0.3) is 0 Å². The molecule has 0 aliphatic heterocycles. The molecule has 124 valence electrons. The second kappa shape index (κ2) is 9.60. The van der Waals surface area contributed by atoms with E-state index in [1.807, 2.05) is 6.92 Å². The number of carboxylic acid groups (broad SMARTS) is 1. The van der Waals surface area contributed by atoms with Gasteiger partial charge in [-0.1, -0.05) is 26.7 Å². The fourth-order valence-corrected chi connectivity index (χ4v) is 1.83. The van der Waals surface area contributed by atoms with E-state index in [4.69, 9.17) is 14.6 Å². The van der Waals surface area contributed by atoms with Crippen LogP contribution in [0.15, 0.2) is 0 Å². The van der Waals surface area contributed by atoms with E-state index in [9.17, 15) is 9.59 Å². The Labute approximate surface area is 127 Å². The van der Waals surface area contributed by atoms with Crippen molar-refractivity contribution in [3.63, 3.8) is 0 Å². The average Bonchev–Trinajstić information content (AvgIpc) is 2.32. The molecule has 0 spiro atoms. The molecule has 0 rings (SSSR count). The maximum Gasteiger partial charge on any atom is 0.409 e. The Hall–Kier alpha value is -1.30. The van der Waals surface area contributed by atoms with E-state index in [0.717, 1.165) is 19.3 Å². The Morgan fingerprint density at radius 1 is 1.29 bits per heavy atom. The van der Waals surface area contributed by atoms with Gasteiger partial charge >= 0.3 is 12.1 Å². The summed E-state index contributed by atoms with van der Waals surface area (Å²) < 4.78 is 10.6. The van der Waals surface area contributed by atoms with E-state index in [-0.39, 0.29) is 19.1 Å². The van der Waals surface area contributed by atoms with Crippen molar-refractivity contribution in [2.45, 2.75) is 72.0 Å². The largest absolute Gasteiger partial charge is 0.481 e. The summed E-state index contributed by atoms with van der Waals surface area (Å²) in [7, 11) is 0. The van der Waals surface area contributed by atoms with Crippen molar-refractivity contribution >= 4 is 12.1 Å². The molecule has 0 aliphatic carbocycles. The number of carbonyl (C=O) groups excluding carboxylic acids is 1. The summed E-state index contributed by atoms with van der Waals surface area (Å²) >= 11 is 0. The minimum absolute atomic E-state index is 0.0523. The Morgan fingerprint density at radius 3 is 2.38 bits per heavy atom. The summed E-state index contributed by atoms with van der Waals surface area (Å²) in [6.45, 7) is 9.32. The van der Waals surface area contributed by atoms with Gasteiger partial charge in [-0.3, -0.25) is 10.1 Å². The predicted molar refractivity (Wildman–Crippen MR) is 80.1 cm³/mol. The minimum atomic E-state index is -0.902. The number of nitrogens with one attached hydrogen (secondary N) is 1. The lowest BCUT2D eigenvalue weighted by molar-refractivity contribution is -0.141. The number of amides is 1. The van der Waals surface area contributed by atoms with Crippen LogP contribution in [-0.4, -0.2) is 35.6 Å². The SMILES string of the molecule is CCCC[C@H](C)[C@H](CC(=O)O)OCNC(=O)OC(C)(C)C. The van der Waals surface area contributed by atoms with Crippen molar-refractivity contribution in [1.82, 2.24) is 5.32 Å². The number of alkyl carbamates (subject to hydrolysis) is 1. The minimum Gasteiger partial charge on any atom is -0.481 e. The molecule has 1 amide bonds. The van der Waals surface area contributed by atoms with Crippen molar-refractivity contribution in [1.29, 1.82) is 0 Å². The molecular formula is C15H29NO5. The highest BCUT2D eigenvalue weighted by Gasteiger charge is 2.22. The van der Waals surface area contributed by atoms with Crippen LogP contribution in [0.25, 0.3) is 0 Å². The van der Waals surface area contributed by atoms with Crippen molar-refractivity contribution in [2.24, 2.45) is 5.92 Å². The molecule has 0 aromatic rings. The van der Waals surface area contributed by atoms with Crippen molar-refractivity contribution in [3.05, 3.63) is 0 Å². The molecule has 0 radical (unpaired) electrons. The van der Waals surface area contributed by atoms with Gasteiger partial charge < -0.3 is 14.6 Å². The summed E-state index contributed by atoms with van der Waals surface area (Å²) in [5.41, 5.74) is -0.570. The molecule has 0 unspecified atom stereocenters. The van der Waals surface area contributed by atoms with E-state index in [0.29, 0.717) is 0 Å². The van der Waals surface area contributed by atoms with Gasteiger partial charge in [-0.25, -0.2) is 4.79 Å². The normalized spacial score (nSPS) is 14.3. The van der Waals surface area contributed by atoms with Gasteiger partial charge in [-0.15, -0.1) is 0 Å². The van der Waals surface area contributed by atoms with Gasteiger partial charge in [0.2, 0.25) is 0 Å². The highest BCUT2D eigenvalue weighted by atomic mass is 16.6. The van der Waals surface area contributed by atoms with Gasteiger partial charge in [0.1, 0.15) is 12.3 Å². The smallest absolute Gasteiger partial charge is 0.409 e. The number of aliphatic carboxylic acids is 1. The van der Waals surface area contributed by atoms with Crippen molar-refractivity contribution in [3.8, 4) is 0 Å². The molecule has 0 bridgehead atoms. The first kappa shape index (κ1) is 19.7. The van der Waals surface area contributed by atoms with E-state index in [2.05, 4.69) is 12.2 Å². The molecule has 6 nitrogen and oxygen atoms in total. The Balaban J connectivity index is 4.23. The second-order valence-electron chi connectivity index (χ2n) is 6.25. The highest BCUT2D eigenvalue weighted by Crippen LogP contribution is 2.18. The first-order chi connectivity index (χ1) is 9.65. The lowest BCUT2D eigenvalue weighted by Gasteiger charge is -2.24. The fraction of sp³-hybridized carbons (Fsp3) is 0.867. The summed E-state index contributed by atoms with van der Waals surface area (Å²) in [5.74, 6) is -0.776. The van der Waals surface area contributed by atoms with Gasteiger partial charge in [0.05, 0.1) is 12.5 Å². The maximum absolute atomic E-state index is 11.5. The van der Waals surface area contributed by atoms with Crippen molar-refractivity contribution < 1.29 is 24.2 Å². The van der Waals surface area contributed by atoms with Crippen LogP contribution in [0.2, 0.25) is 0 Å². The molecule has 6 heteroatoms. The predicted octanol–water partition coefficient (Wildman–Crippen LogP) is 3.15. The van der Waals surface area contributed by atoms with Gasteiger partial charge in [-0.05, 0) is 33.1 Å². The third kappa shape index (κ3) is 11.1. The first-order valence-corrected chi connectivity index (χ1v) is 7.46. The Kier molecular flexibility index (Phi) is 9.01. The number of carboxylic acids is 1. The summed E-state index contributed by atoms with van der Waals surface area (Å²) in [6.07, 6.45) is 1.93. The summed E-state index contributed by atoms with van der Waals surface area (Å²) in [5, 5.41) is 11.4. The van der Waals surface area contributed by atoms with Crippen LogP contribution >= 0.6 is 0 Å². The van der Waals surface area contributed by atoms with Crippen LogP contribution in [0.4, 0.5) is 4.79 Å². The van der Waals surface area contributed by atoms with Crippen LogP contribution in [0.3, 0.4) is 0 Å². The molecule has 21 heavy (non-hydrogen) atoms. The molecule has 2 atom stereocenters. The van der Waals surface area contributed by atoms with E-state index < -0.39 is 23.8 Å². The monoisotopic (exact) mass is 303 g/mol. The number of hydrogen-bond acceptors (Lipinski definition) is 4. The van der Waals surface area contributed by atoms with E-state index >= 15 is 0 Å². The number of rotatable bonds is 9. The van der Waals surface area contributed by atoms with Crippen LogP contribution in [0, 0.1) is 5.92 Å². The van der Waals surface area contributed by atoms with Crippen LogP contribution in [-0.2, 0) is 14.3 Å². The topological polar surface area (TPSA) is 84.9 Å². The zero-order valence-electron chi connectivity index (χ0n) is 13.8. The molecule has 0 aromatic carbocycles. The van der Waals surface area contributed by atoms with Gasteiger partial charge in [0, 0.05) is 0 Å². The Morgan fingerprint density at radius 2 is 1.90 bits per heavy atom. The average molecular weight is 303 g/mol. The van der Waals surface area contributed by atoms with E-state index in [1.165, 1.54) is 0 Å². The molecule has 0 saturated carbocycles. The zero-order valence-corrected chi connectivity index (χ0v) is 13.8. The summed E-state index contributed by atoms with van der Waals surface area (Å²) in [4.78, 5) is 22.4. The Bertz CT molecular complexity index is 325. The molecule has 0 heterocycles. The molecule has 0 fully saturated rings. The van der Waals surface area contributed by atoms with E-state index in [1.54, 1.807) is 20.8 Å². The maximum atomic E-state index is 11.5. The first-order valence-electron chi connectivity index (χ1n) is 7.46. The van der Waals surface area contributed by atoms with Crippen LogP contribution in [0.1, 0.15) is 60.3 Å². The molecule has 0 aromatic heterocycles. The number of ether oxygens (including phenoxy) is 2. The number of unbranched alkanes of at least 4 members (excludes halogenated alkanes) is 1. The second-order valence-corrected chi connectivity index (χ2v) is 6.25. The molecule has 0 saturated heterocycles. The third-order valence-corrected chi connectivity index (χ3v) is 2.94. The molecular weight excluding hydrogens is 274 g/mol.